The predicted octanol–water partition coefficient (Wildman–Crippen LogP) is 3.21. The molecule has 2 aromatic carbocycles. The van der Waals surface area contributed by atoms with Crippen LogP contribution in [0.5, 0.6) is 0 Å². The Kier molecular flexibility index (Phi) is 6.23. The first-order valence-corrected chi connectivity index (χ1v) is 10.7. The summed E-state index contributed by atoms with van der Waals surface area (Å²) < 4.78 is 14.0. The Hall–Kier alpha value is -2.93. The molecule has 2 heterocycles. The molecule has 2 saturated heterocycles. The van der Waals surface area contributed by atoms with Crippen LogP contribution < -0.4 is 4.90 Å². The number of hydrogen-bond donors (Lipinski definition) is 0. The number of anilines is 1. The van der Waals surface area contributed by atoms with Crippen LogP contribution in [0.4, 0.5) is 10.1 Å². The fraction of sp³-hybridized carbons (Fsp3) is 0.348. The van der Waals surface area contributed by atoms with Crippen LogP contribution in [0.3, 0.4) is 0 Å². The zero-order chi connectivity index (χ0) is 22.0. The van der Waals surface area contributed by atoms with E-state index in [9.17, 15) is 18.8 Å². The largest absolute Gasteiger partial charge is 0.341 e. The number of rotatable bonds is 3. The van der Waals surface area contributed by atoms with Crippen molar-refractivity contribution < 1.29 is 18.8 Å². The van der Waals surface area contributed by atoms with Crippen LogP contribution in [0.15, 0.2) is 48.5 Å². The summed E-state index contributed by atoms with van der Waals surface area (Å²) in [4.78, 5) is 43.2. The quantitative estimate of drug-likeness (QED) is 0.731. The normalized spacial score (nSPS) is 19.5. The number of hydrogen-bond acceptors (Lipinski definition) is 3. The zero-order valence-corrected chi connectivity index (χ0v) is 17.7. The number of nitrogens with zero attached hydrogens (tertiary/aromatic N) is 3. The first-order chi connectivity index (χ1) is 14.9. The molecule has 2 aliphatic rings. The number of amides is 3. The predicted molar refractivity (Wildman–Crippen MR) is 115 cm³/mol. The van der Waals surface area contributed by atoms with Crippen LogP contribution in [0.25, 0.3) is 0 Å². The molecule has 1 atom stereocenters. The van der Waals surface area contributed by atoms with Crippen molar-refractivity contribution in [3.63, 3.8) is 0 Å². The summed E-state index contributed by atoms with van der Waals surface area (Å²) in [5, 5.41) is 0.585. The van der Waals surface area contributed by atoms with Gasteiger partial charge in [0.05, 0.1) is 11.5 Å². The minimum Gasteiger partial charge on any atom is -0.341 e. The Morgan fingerprint density at radius 2 is 1.61 bits per heavy atom. The second kappa shape index (κ2) is 9.06. The van der Waals surface area contributed by atoms with Gasteiger partial charge in [-0.2, -0.15) is 0 Å². The van der Waals surface area contributed by atoms with Crippen LogP contribution in [0.2, 0.25) is 5.02 Å². The number of carbonyl (C=O) groups is 3. The molecule has 31 heavy (non-hydrogen) atoms. The molecule has 2 aromatic rings. The highest BCUT2D eigenvalue weighted by molar-refractivity contribution is 6.30. The highest BCUT2D eigenvalue weighted by atomic mass is 35.5. The maximum atomic E-state index is 14.0. The van der Waals surface area contributed by atoms with Crippen molar-refractivity contribution in [3.05, 3.63) is 64.9 Å². The molecule has 162 valence electrons. The molecule has 2 fully saturated rings. The van der Waals surface area contributed by atoms with Crippen molar-refractivity contribution in [1.82, 2.24) is 9.80 Å². The van der Waals surface area contributed by atoms with E-state index >= 15 is 0 Å². The lowest BCUT2D eigenvalue weighted by Crippen LogP contribution is -2.40. The van der Waals surface area contributed by atoms with Gasteiger partial charge >= 0.3 is 0 Å². The first-order valence-electron chi connectivity index (χ1n) is 10.3. The molecule has 4 rings (SSSR count). The van der Waals surface area contributed by atoms with E-state index in [-0.39, 0.29) is 29.7 Å². The Morgan fingerprint density at radius 3 is 2.35 bits per heavy atom. The lowest BCUT2D eigenvalue weighted by molar-refractivity contribution is -0.135. The molecular formula is C23H23ClFN3O3. The third-order valence-electron chi connectivity index (χ3n) is 5.81. The molecule has 6 nitrogen and oxygen atoms in total. The van der Waals surface area contributed by atoms with Gasteiger partial charge in [0.1, 0.15) is 5.82 Å². The fourth-order valence-electron chi connectivity index (χ4n) is 4.15. The average Bonchev–Trinajstić information content (AvgIpc) is 2.99. The van der Waals surface area contributed by atoms with E-state index in [1.807, 2.05) is 0 Å². The van der Waals surface area contributed by atoms with Crippen LogP contribution in [-0.4, -0.2) is 60.2 Å². The van der Waals surface area contributed by atoms with E-state index in [2.05, 4.69) is 0 Å². The van der Waals surface area contributed by atoms with Crippen LogP contribution >= 0.6 is 11.6 Å². The van der Waals surface area contributed by atoms with Gasteiger partial charge in [0, 0.05) is 49.9 Å². The number of carbonyl (C=O) groups excluding carboxylic acids is 3. The summed E-state index contributed by atoms with van der Waals surface area (Å²) >= 11 is 5.92. The van der Waals surface area contributed by atoms with Crippen molar-refractivity contribution >= 4 is 35.0 Å². The second-order valence-electron chi connectivity index (χ2n) is 7.83. The number of benzene rings is 2. The molecule has 0 aliphatic carbocycles. The summed E-state index contributed by atoms with van der Waals surface area (Å²) in [7, 11) is 0. The van der Waals surface area contributed by atoms with Gasteiger partial charge in [-0.25, -0.2) is 4.39 Å². The second-order valence-corrected chi connectivity index (χ2v) is 8.27. The van der Waals surface area contributed by atoms with E-state index in [1.165, 1.54) is 12.1 Å². The third-order valence-corrected chi connectivity index (χ3v) is 6.06. The zero-order valence-electron chi connectivity index (χ0n) is 17.0. The molecule has 3 amide bonds. The van der Waals surface area contributed by atoms with Gasteiger partial charge in [0.25, 0.3) is 5.91 Å². The molecule has 0 radical (unpaired) electrons. The van der Waals surface area contributed by atoms with Gasteiger partial charge in [0.2, 0.25) is 11.8 Å². The maximum Gasteiger partial charge on any atom is 0.256 e. The van der Waals surface area contributed by atoms with E-state index in [4.69, 9.17) is 11.6 Å². The van der Waals surface area contributed by atoms with Crippen molar-refractivity contribution in [3.8, 4) is 0 Å². The van der Waals surface area contributed by atoms with Crippen molar-refractivity contribution in [2.45, 2.75) is 12.8 Å². The minimum atomic E-state index is -0.545. The number of halogens is 2. The highest BCUT2D eigenvalue weighted by Crippen LogP contribution is 2.27. The Labute approximate surface area is 185 Å². The molecule has 0 bridgehead atoms. The van der Waals surface area contributed by atoms with E-state index in [0.717, 1.165) is 5.69 Å². The first kappa shape index (κ1) is 21.3. The summed E-state index contributed by atoms with van der Waals surface area (Å²) in [6.07, 6.45) is 0.767. The van der Waals surface area contributed by atoms with Crippen molar-refractivity contribution in [2.24, 2.45) is 5.92 Å². The van der Waals surface area contributed by atoms with Crippen molar-refractivity contribution in [2.75, 3.05) is 37.6 Å². The summed E-state index contributed by atoms with van der Waals surface area (Å²) in [6.45, 7) is 1.99. The van der Waals surface area contributed by atoms with Gasteiger partial charge < -0.3 is 14.7 Å². The van der Waals surface area contributed by atoms with Crippen LogP contribution in [-0.2, 0) is 9.59 Å². The fourth-order valence-corrected chi connectivity index (χ4v) is 4.27. The van der Waals surface area contributed by atoms with E-state index in [0.29, 0.717) is 44.2 Å². The average molecular weight is 444 g/mol. The third kappa shape index (κ3) is 4.56. The summed E-state index contributed by atoms with van der Waals surface area (Å²) in [5.74, 6) is -1.50. The lowest BCUT2D eigenvalue weighted by Gasteiger charge is -2.24. The maximum absolute atomic E-state index is 14.0. The molecule has 1 unspecified atom stereocenters. The van der Waals surface area contributed by atoms with Gasteiger partial charge in [-0.15, -0.1) is 0 Å². The molecule has 2 aliphatic heterocycles. The van der Waals surface area contributed by atoms with Crippen LogP contribution in [0.1, 0.15) is 23.2 Å². The highest BCUT2D eigenvalue weighted by Gasteiger charge is 2.37. The molecule has 0 N–H and O–H groups in total. The summed E-state index contributed by atoms with van der Waals surface area (Å²) in [5.41, 5.74) is 0.768. The van der Waals surface area contributed by atoms with Crippen molar-refractivity contribution in [1.29, 1.82) is 0 Å². The molecular weight excluding hydrogens is 421 g/mol. The Balaban J connectivity index is 1.39. The van der Waals surface area contributed by atoms with Gasteiger partial charge in [-0.3, -0.25) is 14.4 Å². The molecule has 0 aromatic heterocycles. The SMILES string of the molecule is O=C(c1ccccc1F)N1CCCN(C(=O)C2CC(=O)N(c3ccc(Cl)cc3)C2)CC1. The van der Waals surface area contributed by atoms with Gasteiger partial charge in [-0.05, 0) is 42.8 Å². The Bertz CT molecular complexity index is 998. The van der Waals surface area contributed by atoms with E-state index < -0.39 is 11.7 Å². The molecule has 0 spiro atoms. The minimum absolute atomic E-state index is 0.0438. The molecule has 8 heteroatoms. The topological polar surface area (TPSA) is 60.9 Å². The van der Waals surface area contributed by atoms with Gasteiger partial charge in [-0.1, -0.05) is 23.7 Å². The summed E-state index contributed by atoms with van der Waals surface area (Å²) in [6, 6.07) is 12.9. The monoisotopic (exact) mass is 443 g/mol. The Morgan fingerprint density at radius 1 is 0.935 bits per heavy atom. The van der Waals surface area contributed by atoms with E-state index in [1.54, 1.807) is 51.1 Å². The van der Waals surface area contributed by atoms with Gasteiger partial charge in [0.15, 0.2) is 0 Å². The smallest absolute Gasteiger partial charge is 0.256 e. The molecule has 0 saturated carbocycles. The standard InChI is InChI=1S/C23H23ClFN3O3/c24-17-6-8-18(9-7-17)28-15-16(14-21(28)29)22(30)26-10-3-11-27(13-12-26)23(31)19-4-1-2-5-20(19)25/h1-2,4-9,16H,3,10-15H2. The van der Waals surface area contributed by atoms with Crippen LogP contribution in [0, 0.1) is 11.7 Å². The lowest BCUT2D eigenvalue weighted by atomic mass is 10.1.